The van der Waals surface area contributed by atoms with Gasteiger partial charge >= 0.3 is 5.69 Å². The lowest BCUT2D eigenvalue weighted by Crippen LogP contribution is -2.54. The molecule has 1 saturated heterocycles. The molecule has 9 nitrogen and oxygen atoms in total. The van der Waals surface area contributed by atoms with Crippen molar-refractivity contribution in [2.75, 3.05) is 30.4 Å². The number of nitrogens with zero attached hydrogens (tertiary/aromatic N) is 4. The van der Waals surface area contributed by atoms with E-state index in [2.05, 4.69) is 20.6 Å². The number of aromatic nitrogens is 2. The van der Waals surface area contributed by atoms with Crippen LogP contribution >= 0.6 is 0 Å². The van der Waals surface area contributed by atoms with E-state index in [-0.39, 0.29) is 23.2 Å². The molecule has 0 aromatic carbocycles. The number of anilines is 2. The van der Waals surface area contributed by atoms with E-state index < -0.39 is 11.0 Å². The minimum absolute atomic E-state index is 0.133. The summed E-state index contributed by atoms with van der Waals surface area (Å²) in [5.41, 5.74) is -0.216. The summed E-state index contributed by atoms with van der Waals surface area (Å²) in [6, 6.07) is -0.507. The second-order valence-electron chi connectivity index (χ2n) is 4.06. The zero-order valence-corrected chi connectivity index (χ0v) is 10.6. The van der Waals surface area contributed by atoms with Gasteiger partial charge in [-0.1, -0.05) is 0 Å². The van der Waals surface area contributed by atoms with E-state index in [9.17, 15) is 14.9 Å². The number of rotatable bonds is 3. The molecule has 2 heterocycles. The van der Waals surface area contributed by atoms with Gasteiger partial charge in [-0.05, 0) is 6.92 Å². The lowest BCUT2D eigenvalue weighted by molar-refractivity contribution is -0.383. The first-order valence-corrected chi connectivity index (χ1v) is 5.77. The van der Waals surface area contributed by atoms with E-state index in [0.717, 1.165) is 0 Å². The summed E-state index contributed by atoms with van der Waals surface area (Å²) < 4.78 is 0. The van der Waals surface area contributed by atoms with E-state index >= 15 is 0 Å². The summed E-state index contributed by atoms with van der Waals surface area (Å²) >= 11 is 0. The zero-order chi connectivity index (χ0) is 14.0. The van der Waals surface area contributed by atoms with Gasteiger partial charge in [-0.3, -0.25) is 14.9 Å². The molecule has 0 bridgehead atoms. The maximum absolute atomic E-state index is 11.6. The van der Waals surface area contributed by atoms with Crippen molar-refractivity contribution in [3.05, 3.63) is 16.4 Å². The molecule has 19 heavy (non-hydrogen) atoms. The molecular weight excluding hydrogens is 252 g/mol. The predicted molar refractivity (Wildman–Crippen MR) is 68.1 cm³/mol. The topological polar surface area (TPSA) is 113 Å². The van der Waals surface area contributed by atoms with Crippen LogP contribution in [0.1, 0.15) is 6.92 Å². The Bertz CT molecular complexity index is 520. The molecule has 9 heteroatoms. The highest BCUT2D eigenvalue weighted by Gasteiger charge is 2.33. The summed E-state index contributed by atoms with van der Waals surface area (Å²) in [4.78, 5) is 31.7. The number of nitrogens with one attached hydrogen (secondary N) is 2. The van der Waals surface area contributed by atoms with Crippen molar-refractivity contribution in [3.63, 3.8) is 0 Å². The van der Waals surface area contributed by atoms with Crippen LogP contribution < -0.4 is 15.5 Å². The van der Waals surface area contributed by atoms with Crippen molar-refractivity contribution in [2.24, 2.45) is 0 Å². The molecule has 0 spiro atoms. The van der Waals surface area contributed by atoms with Gasteiger partial charge < -0.3 is 15.5 Å². The predicted octanol–water partition coefficient (Wildman–Crippen LogP) is -0.249. The Morgan fingerprint density at radius 1 is 1.58 bits per heavy atom. The van der Waals surface area contributed by atoms with Gasteiger partial charge in [0.2, 0.25) is 17.5 Å². The monoisotopic (exact) mass is 266 g/mol. The molecule has 1 fully saturated rings. The zero-order valence-electron chi connectivity index (χ0n) is 10.6. The molecule has 1 aromatic heterocycles. The Balaban J connectivity index is 2.49. The van der Waals surface area contributed by atoms with Crippen molar-refractivity contribution in [1.82, 2.24) is 15.3 Å². The standard InChI is InChI=1S/C10H14N6O3/c1-6-10(17)12-3-4-15(6)9-7(16(18)19)8(11-2)13-5-14-9/h5-6H,3-4H2,1-2H3,(H,12,17)(H,11,13,14). The fourth-order valence-corrected chi connectivity index (χ4v) is 2.00. The Morgan fingerprint density at radius 2 is 2.32 bits per heavy atom. The number of hydrogen-bond acceptors (Lipinski definition) is 7. The van der Waals surface area contributed by atoms with E-state index in [1.807, 2.05) is 0 Å². The number of carbonyl (C=O) groups is 1. The molecule has 1 amide bonds. The molecule has 0 radical (unpaired) electrons. The van der Waals surface area contributed by atoms with E-state index in [4.69, 9.17) is 0 Å². The molecule has 1 aromatic rings. The average Bonchev–Trinajstić information content (AvgIpc) is 2.40. The van der Waals surface area contributed by atoms with E-state index in [1.165, 1.54) is 6.33 Å². The second kappa shape index (κ2) is 5.04. The minimum Gasteiger partial charge on any atom is -0.367 e. The maximum atomic E-state index is 11.6. The molecule has 1 aliphatic rings. The lowest BCUT2D eigenvalue weighted by Gasteiger charge is -2.33. The van der Waals surface area contributed by atoms with Crippen LogP contribution in [-0.2, 0) is 4.79 Å². The van der Waals surface area contributed by atoms with Crippen LogP contribution in [0.2, 0.25) is 0 Å². The number of nitro groups is 1. The molecule has 102 valence electrons. The smallest absolute Gasteiger partial charge is 0.353 e. The van der Waals surface area contributed by atoms with Crippen LogP contribution in [0.15, 0.2) is 6.33 Å². The fraction of sp³-hybridized carbons (Fsp3) is 0.500. The first-order chi connectivity index (χ1) is 9.06. The normalized spacial score (nSPS) is 18.9. The fourth-order valence-electron chi connectivity index (χ4n) is 2.00. The van der Waals surface area contributed by atoms with Gasteiger partial charge in [-0.2, -0.15) is 0 Å². The maximum Gasteiger partial charge on any atom is 0.353 e. The van der Waals surface area contributed by atoms with Crippen LogP contribution in [-0.4, -0.2) is 47.0 Å². The number of carbonyl (C=O) groups excluding carboxylic acids is 1. The van der Waals surface area contributed by atoms with Crippen molar-refractivity contribution >= 4 is 23.2 Å². The minimum atomic E-state index is -0.541. The molecule has 0 aliphatic carbocycles. The highest BCUT2D eigenvalue weighted by atomic mass is 16.6. The second-order valence-corrected chi connectivity index (χ2v) is 4.06. The molecule has 2 rings (SSSR count). The van der Waals surface area contributed by atoms with Crippen LogP contribution in [0.4, 0.5) is 17.3 Å². The van der Waals surface area contributed by atoms with Gasteiger partial charge in [-0.25, -0.2) is 9.97 Å². The first-order valence-electron chi connectivity index (χ1n) is 5.77. The summed E-state index contributed by atoms with van der Waals surface area (Å²) in [5, 5.41) is 16.6. The third-order valence-corrected chi connectivity index (χ3v) is 2.99. The van der Waals surface area contributed by atoms with Crippen LogP contribution in [0.5, 0.6) is 0 Å². The molecule has 1 atom stereocenters. The van der Waals surface area contributed by atoms with Crippen LogP contribution in [0.3, 0.4) is 0 Å². The van der Waals surface area contributed by atoms with E-state index in [0.29, 0.717) is 13.1 Å². The van der Waals surface area contributed by atoms with Crippen molar-refractivity contribution in [3.8, 4) is 0 Å². The Labute approximate surface area is 109 Å². The molecule has 0 saturated carbocycles. The van der Waals surface area contributed by atoms with Gasteiger partial charge in [0.1, 0.15) is 12.4 Å². The molecular formula is C10H14N6O3. The van der Waals surface area contributed by atoms with Crippen molar-refractivity contribution in [2.45, 2.75) is 13.0 Å². The molecule has 1 unspecified atom stereocenters. The lowest BCUT2D eigenvalue weighted by atomic mass is 10.2. The van der Waals surface area contributed by atoms with Crippen molar-refractivity contribution < 1.29 is 9.72 Å². The summed E-state index contributed by atoms with van der Waals surface area (Å²) in [5.74, 6) is 0.116. The Hall–Kier alpha value is -2.45. The van der Waals surface area contributed by atoms with Crippen LogP contribution in [0.25, 0.3) is 0 Å². The van der Waals surface area contributed by atoms with Gasteiger partial charge in [0.15, 0.2) is 0 Å². The Morgan fingerprint density at radius 3 is 2.95 bits per heavy atom. The SMILES string of the molecule is CNc1ncnc(N2CCNC(=O)C2C)c1[N+](=O)[O-]. The third-order valence-electron chi connectivity index (χ3n) is 2.99. The average molecular weight is 266 g/mol. The quantitative estimate of drug-likeness (QED) is 0.573. The van der Waals surface area contributed by atoms with Gasteiger partial charge in [0.05, 0.1) is 4.92 Å². The molecule has 1 aliphatic heterocycles. The van der Waals surface area contributed by atoms with Gasteiger partial charge in [0, 0.05) is 20.1 Å². The van der Waals surface area contributed by atoms with Crippen molar-refractivity contribution in [1.29, 1.82) is 0 Å². The number of amides is 1. The Kier molecular flexibility index (Phi) is 3.45. The van der Waals surface area contributed by atoms with Crippen LogP contribution in [0, 0.1) is 10.1 Å². The number of piperazine rings is 1. The molecule has 2 N–H and O–H groups in total. The largest absolute Gasteiger partial charge is 0.367 e. The van der Waals surface area contributed by atoms with Gasteiger partial charge in [0.25, 0.3) is 0 Å². The summed E-state index contributed by atoms with van der Waals surface area (Å²) in [6.45, 7) is 2.58. The first kappa shape index (κ1) is 13.0. The summed E-state index contributed by atoms with van der Waals surface area (Å²) in [7, 11) is 1.55. The highest BCUT2D eigenvalue weighted by molar-refractivity contribution is 5.87. The highest BCUT2D eigenvalue weighted by Crippen LogP contribution is 2.32. The third kappa shape index (κ3) is 2.26. The summed E-state index contributed by atoms with van der Waals surface area (Å²) in [6.07, 6.45) is 1.24. The number of hydrogen-bond donors (Lipinski definition) is 2. The van der Waals surface area contributed by atoms with E-state index in [1.54, 1.807) is 18.9 Å². The van der Waals surface area contributed by atoms with Gasteiger partial charge in [-0.15, -0.1) is 0 Å².